The summed E-state index contributed by atoms with van der Waals surface area (Å²) in [4.78, 5) is 0. The molecule has 74 valence electrons. The van der Waals surface area contributed by atoms with Crippen molar-refractivity contribution < 1.29 is 5.11 Å². The van der Waals surface area contributed by atoms with Gasteiger partial charge < -0.3 is 5.11 Å². The van der Waals surface area contributed by atoms with Gasteiger partial charge in [-0.2, -0.15) is 0 Å². The molecule has 1 N–H and O–H groups in total. The van der Waals surface area contributed by atoms with E-state index in [4.69, 9.17) is 0 Å². The van der Waals surface area contributed by atoms with Crippen LogP contribution in [0, 0.1) is 0 Å². The van der Waals surface area contributed by atoms with Gasteiger partial charge in [-0.05, 0) is 18.4 Å². The third-order valence-corrected chi connectivity index (χ3v) is 3.27. The SMILES string of the molecule is C=C1C[C@@H](O)[C@](C)(c2ccccc2)C1. The van der Waals surface area contributed by atoms with Crippen molar-refractivity contribution in [3.63, 3.8) is 0 Å². The van der Waals surface area contributed by atoms with E-state index < -0.39 is 0 Å². The van der Waals surface area contributed by atoms with Gasteiger partial charge in [-0.1, -0.05) is 49.4 Å². The van der Waals surface area contributed by atoms with Crippen LogP contribution in [-0.2, 0) is 5.41 Å². The third kappa shape index (κ3) is 1.38. The summed E-state index contributed by atoms with van der Waals surface area (Å²) in [6.45, 7) is 6.08. The molecule has 2 rings (SSSR count). The van der Waals surface area contributed by atoms with Gasteiger partial charge in [0.1, 0.15) is 0 Å². The Bertz CT molecular complexity index is 342. The van der Waals surface area contributed by atoms with Crippen molar-refractivity contribution >= 4 is 0 Å². The van der Waals surface area contributed by atoms with E-state index in [1.807, 2.05) is 18.2 Å². The van der Waals surface area contributed by atoms with Gasteiger partial charge in [0.25, 0.3) is 0 Å². The number of rotatable bonds is 1. The fraction of sp³-hybridized carbons (Fsp3) is 0.385. The van der Waals surface area contributed by atoms with Crippen LogP contribution in [-0.4, -0.2) is 11.2 Å². The highest BCUT2D eigenvalue weighted by molar-refractivity contribution is 5.32. The van der Waals surface area contributed by atoms with Crippen LogP contribution in [0.4, 0.5) is 0 Å². The van der Waals surface area contributed by atoms with Crippen LogP contribution in [0.5, 0.6) is 0 Å². The van der Waals surface area contributed by atoms with Crippen LogP contribution in [0.3, 0.4) is 0 Å². The second-order valence-electron chi connectivity index (χ2n) is 4.43. The summed E-state index contributed by atoms with van der Waals surface area (Å²) < 4.78 is 0. The number of aliphatic hydroxyl groups is 1. The van der Waals surface area contributed by atoms with Gasteiger partial charge in [-0.3, -0.25) is 0 Å². The molecule has 1 aromatic carbocycles. The summed E-state index contributed by atoms with van der Waals surface area (Å²) in [6, 6.07) is 10.2. The average Bonchev–Trinajstić information content (AvgIpc) is 2.43. The number of aliphatic hydroxyl groups excluding tert-OH is 1. The summed E-state index contributed by atoms with van der Waals surface area (Å²) in [5, 5.41) is 10.0. The molecule has 0 aromatic heterocycles. The highest BCUT2D eigenvalue weighted by Crippen LogP contribution is 2.42. The molecule has 1 saturated carbocycles. The van der Waals surface area contributed by atoms with Crippen molar-refractivity contribution in [1.29, 1.82) is 0 Å². The molecule has 0 radical (unpaired) electrons. The smallest absolute Gasteiger partial charge is 0.0674 e. The lowest BCUT2D eigenvalue weighted by atomic mass is 9.79. The maximum atomic E-state index is 10.0. The van der Waals surface area contributed by atoms with E-state index >= 15 is 0 Å². The Morgan fingerprint density at radius 2 is 2.00 bits per heavy atom. The molecule has 1 aromatic rings. The molecule has 1 aliphatic carbocycles. The second-order valence-corrected chi connectivity index (χ2v) is 4.43. The predicted molar refractivity (Wildman–Crippen MR) is 58.2 cm³/mol. The van der Waals surface area contributed by atoms with Crippen LogP contribution >= 0.6 is 0 Å². The monoisotopic (exact) mass is 188 g/mol. The first-order valence-electron chi connectivity index (χ1n) is 5.03. The summed E-state index contributed by atoms with van der Waals surface area (Å²) in [5.74, 6) is 0. The van der Waals surface area contributed by atoms with Gasteiger partial charge in [0.15, 0.2) is 0 Å². The highest BCUT2D eigenvalue weighted by atomic mass is 16.3. The first-order chi connectivity index (χ1) is 6.63. The molecule has 1 heteroatoms. The van der Waals surface area contributed by atoms with Crippen LogP contribution < -0.4 is 0 Å². The molecular weight excluding hydrogens is 172 g/mol. The zero-order valence-electron chi connectivity index (χ0n) is 8.53. The molecule has 2 atom stereocenters. The standard InChI is InChI=1S/C13H16O/c1-10-8-12(14)13(2,9-10)11-6-4-3-5-7-11/h3-7,12,14H,1,8-9H2,2H3/t12-,13+/m1/s1. The first kappa shape index (κ1) is 9.47. The molecule has 0 bridgehead atoms. The number of benzene rings is 1. The van der Waals surface area contributed by atoms with Crippen LogP contribution in [0.1, 0.15) is 25.3 Å². The van der Waals surface area contributed by atoms with Crippen molar-refractivity contribution in [2.75, 3.05) is 0 Å². The topological polar surface area (TPSA) is 20.2 Å². The Labute approximate surface area is 85.1 Å². The van der Waals surface area contributed by atoms with E-state index in [0.29, 0.717) is 0 Å². The normalized spacial score (nSPS) is 32.1. The van der Waals surface area contributed by atoms with Crippen molar-refractivity contribution in [2.45, 2.75) is 31.3 Å². The van der Waals surface area contributed by atoms with E-state index in [2.05, 4.69) is 25.6 Å². The third-order valence-electron chi connectivity index (χ3n) is 3.27. The van der Waals surface area contributed by atoms with Crippen LogP contribution in [0.25, 0.3) is 0 Å². The summed E-state index contributed by atoms with van der Waals surface area (Å²) in [5.41, 5.74) is 2.24. The van der Waals surface area contributed by atoms with E-state index in [1.165, 1.54) is 5.56 Å². The molecule has 0 heterocycles. The minimum Gasteiger partial charge on any atom is -0.392 e. The quantitative estimate of drug-likeness (QED) is 0.672. The van der Waals surface area contributed by atoms with Gasteiger partial charge in [0, 0.05) is 5.41 Å². The van der Waals surface area contributed by atoms with Crippen LogP contribution in [0.2, 0.25) is 0 Å². The van der Waals surface area contributed by atoms with Crippen molar-refractivity contribution in [2.24, 2.45) is 0 Å². The average molecular weight is 188 g/mol. The molecule has 0 unspecified atom stereocenters. The maximum Gasteiger partial charge on any atom is 0.0674 e. The maximum absolute atomic E-state index is 10.0. The molecule has 0 amide bonds. The van der Waals surface area contributed by atoms with Gasteiger partial charge >= 0.3 is 0 Å². The molecule has 0 aliphatic heterocycles. The van der Waals surface area contributed by atoms with E-state index in [0.717, 1.165) is 18.4 Å². The largest absolute Gasteiger partial charge is 0.392 e. The minimum absolute atomic E-state index is 0.127. The van der Waals surface area contributed by atoms with Gasteiger partial charge in [-0.15, -0.1) is 0 Å². The lowest BCUT2D eigenvalue weighted by molar-refractivity contribution is 0.117. The van der Waals surface area contributed by atoms with Gasteiger partial charge in [0.2, 0.25) is 0 Å². The zero-order chi connectivity index (χ0) is 10.2. The molecule has 0 spiro atoms. The minimum atomic E-state index is -0.280. The Morgan fingerprint density at radius 1 is 1.36 bits per heavy atom. The second kappa shape index (κ2) is 3.25. The van der Waals surface area contributed by atoms with E-state index in [1.54, 1.807) is 0 Å². The molecule has 1 fully saturated rings. The Hall–Kier alpha value is -1.08. The number of hydrogen-bond acceptors (Lipinski definition) is 1. The molecule has 1 aliphatic rings. The molecular formula is C13H16O. The van der Waals surface area contributed by atoms with E-state index in [9.17, 15) is 5.11 Å². The first-order valence-corrected chi connectivity index (χ1v) is 5.03. The van der Waals surface area contributed by atoms with Crippen molar-refractivity contribution in [3.05, 3.63) is 48.0 Å². The molecule has 14 heavy (non-hydrogen) atoms. The van der Waals surface area contributed by atoms with Gasteiger partial charge in [0.05, 0.1) is 6.10 Å². The summed E-state index contributed by atoms with van der Waals surface area (Å²) in [7, 11) is 0. The Balaban J connectivity index is 2.38. The fourth-order valence-electron chi connectivity index (χ4n) is 2.32. The Morgan fingerprint density at radius 3 is 2.50 bits per heavy atom. The highest BCUT2D eigenvalue weighted by Gasteiger charge is 2.40. The summed E-state index contributed by atoms with van der Waals surface area (Å²) in [6.07, 6.45) is 1.36. The summed E-state index contributed by atoms with van der Waals surface area (Å²) >= 11 is 0. The van der Waals surface area contributed by atoms with Crippen molar-refractivity contribution in [1.82, 2.24) is 0 Å². The van der Waals surface area contributed by atoms with Gasteiger partial charge in [-0.25, -0.2) is 0 Å². The van der Waals surface area contributed by atoms with Crippen molar-refractivity contribution in [3.8, 4) is 0 Å². The van der Waals surface area contributed by atoms with Crippen LogP contribution in [0.15, 0.2) is 42.5 Å². The molecule has 0 saturated heterocycles. The molecule has 1 nitrogen and oxygen atoms in total. The zero-order valence-corrected chi connectivity index (χ0v) is 8.53. The Kier molecular flexibility index (Phi) is 2.20. The fourth-order valence-corrected chi connectivity index (χ4v) is 2.32. The number of hydrogen-bond donors (Lipinski definition) is 1. The lowest BCUT2D eigenvalue weighted by Gasteiger charge is -2.28. The lowest BCUT2D eigenvalue weighted by Crippen LogP contribution is -2.30. The van der Waals surface area contributed by atoms with E-state index in [-0.39, 0.29) is 11.5 Å². The predicted octanol–water partition coefficient (Wildman–Crippen LogP) is 2.66.